The lowest BCUT2D eigenvalue weighted by molar-refractivity contribution is -0.127. The van der Waals surface area contributed by atoms with Crippen molar-refractivity contribution in [1.29, 1.82) is 0 Å². The number of aryl methyl sites for hydroxylation is 1. The SMILES string of the molecule is CC(=O)N1CCC(CN2CCN(c3ccc4c(=O)n(C)cnc4c3)CC2)C1. The van der Waals surface area contributed by atoms with Crippen LogP contribution < -0.4 is 10.5 Å². The highest BCUT2D eigenvalue weighted by atomic mass is 16.2. The molecule has 3 heterocycles. The first-order valence-corrected chi connectivity index (χ1v) is 9.69. The maximum atomic E-state index is 12.2. The number of carbonyl (C=O) groups excluding carboxylic acids is 1. The van der Waals surface area contributed by atoms with Crippen molar-refractivity contribution < 1.29 is 4.79 Å². The maximum absolute atomic E-state index is 12.2. The first-order chi connectivity index (χ1) is 13.0. The highest BCUT2D eigenvalue weighted by Crippen LogP contribution is 2.22. The Kier molecular flexibility index (Phi) is 4.86. The van der Waals surface area contributed by atoms with E-state index in [2.05, 4.69) is 14.8 Å². The van der Waals surface area contributed by atoms with Crippen LogP contribution in [0.3, 0.4) is 0 Å². The van der Waals surface area contributed by atoms with E-state index in [1.54, 1.807) is 20.3 Å². The van der Waals surface area contributed by atoms with Gasteiger partial charge in [-0.25, -0.2) is 4.98 Å². The number of fused-ring (bicyclic) bond motifs is 1. The number of aromatic nitrogens is 2. The van der Waals surface area contributed by atoms with Crippen LogP contribution in [0.2, 0.25) is 0 Å². The molecule has 2 aliphatic rings. The fourth-order valence-electron chi connectivity index (χ4n) is 4.22. The van der Waals surface area contributed by atoms with Gasteiger partial charge in [-0.3, -0.25) is 14.5 Å². The van der Waals surface area contributed by atoms with Crippen LogP contribution in [0, 0.1) is 5.92 Å². The Morgan fingerprint density at radius 1 is 1.19 bits per heavy atom. The molecule has 1 atom stereocenters. The molecule has 0 spiro atoms. The van der Waals surface area contributed by atoms with Gasteiger partial charge in [0.25, 0.3) is 5.56 Å². The molecule has 0 radical (unpaired) electrons. The third-order valence-electron chi connectivity index (χ3n) is 5.89. The van der Waals surface area contributed by atoms with E-state index in [1.807, 2.05) is 23.1 Å². The predicted molar refractivity (Wildman–Crippen MR) is 106 cm³/mol. The van der Waals surface area contributed by atoms with Crippen LogP contribution in [0.15, 0.2) is 29.3 Å². The van der Waals surface area contributed by atoms with E-state index in [4.69, 9.17) is 0 Å². The number of amides is 1. The van der Waals surface area contributed by atoms with E-state index in [9.17, 15) is 9.59 Å². The zero-order valence-corrected chi connectivity index (χ0v) is 16.1. The Balaban J connectivity index is 1.37. The summed E-state index contributed by atoms with van der Waals surface area (Å²) in [6, 6.07) is 5.94. The third-order valence-corrected chi connectivity index (χ3v) is 5.89. The third kappa shape index (κ3) is 3.69. The molecule has 0 bridgehead atoms. The maximum Gasteiger partial charge on any atom is 0.260 e. The number of rotatable bonds is 3. The zero-order chi connectivity index (χ0) is 19.0. The summed E-state index contributed by atoms with van der Waals surface area (Å²) in [6.45, 7) is 8.54. The van der Waals surface area contributed by atoms with Crippen LogP contribution >= 0.6 is 0 Å². The Morgan fingerprint density at radius 3 is 2.67 bits per heavy atom. The molecule has 7 nitrogen and oxygen atoms in total. The first-order valence-electron chi connectivity index (χ1n) is 9.69. The second-order valence-corrected chi connectivity index (χ2v) is 7.77. The summed E-state index contributed by atoms with van der Waals surface area (Å²) in [4.78, 5) is 34.9. The molecule has 1 amide bonds. The minimum absolute atomic E-state index is 0.00691. The topological polar surface area (TPSA) is 61.7 Å². The monoisotopic (exact) mass is 369 g/mol. The van der Waals surface area contributed by atoms with Gasteiger partial charge in [-0.15, -0.1) is 0 Å². The van der Waals surface area contributed by atoms with E-state index in [0.717, 1.165) is 63.4 Å². The van der Waals surface area contributed by atoms with Crippen LogP contribution in [0.5, 0.6) is 0 Å². The largest absolute Gasteiger partial charge is 0.369 e. The molecular formula is C20H27N5O2. The van der Waals surface area contributed by atoms with E-state index in [0.29, 0.717) is 11.3 Å². The minimum Gasteiger partial charge on any atom is -0.369 e. The number of benzene rings is 1. The van der Waals surface area contributed by atoms with Gasteiger partial charge in [0.15, 0.2) is 0 Å². The highest BCUT2D eigenvalue weighted by Gasteiger charge is 2.27. The number of nitrogens with zero attached hydrogens (tertiary/aromatic N) is 5. The quantitative estimate of drug-likeness (QED) is 0.805. The molecule has 1 aromatic heterocycles. The van der Waals surface area contributed by atoms with Crippen molar-refractivity contribution in [2.45, 2.75) is 13.3 Å². The van der Waals surface area contributed by atoms with Gasteiger partial charge < -0.3 is 14.4 Å². The molecular weight excluding hydrogens is 342 g/mol. The number of likely N-dealkylation sites (tertiary alicyclic amines) is 1. The molecule has 0 saturated carbocycles. The van der Waals surface area contributed by atoms with Gasteiger partial charge in [0.1, 0.15) is 0 Å². The summed E-state index contributed by atoms with van der Waals surface area (Å²) >= 11 is 0. The number of carbonyl (C=O) groups is 1. The number of hydrogen-bond donors (Lipinski definition) is 0. The number of anilines is 1. The molecule has 2 fully saturated rings. The summed E-state index contributed by atoms with van der Waals surface area (Å²) in [7, 11) is 1.72. The van der Waals surface area contributed by atoms with Crippen LogP contribution in [0.1, 0.15) is 13.3 Å². The van der Waals surface area contributed by atoms with Crippen LogP contribution in [-0.4, -0.2) is 71.1 Å². The average molecular weight is 369 g/mol. The average Bonchev–Trinajstić information content (AvgIpc) is 3.14. The summed E-state index contributed by atoms with van der Waals surface area (Å²) in [5.41, 5.74) is 1.88. The number of hydrogen-bond acceptors (Lipinski definition) is 5. The van der Waals surface area contributed by atoms with Crippen molar-refractivity contribution in [2.24, 2.45) is 13.0 Å². The minimum atomic E-state index is -0.00691. The lowest BCUT2D eigenvalue weighted by Crippen LogP contribution is -2.48. The molecule has 1 unspecified atom stereocenters. The smallest absolute Gasteiger partial charge is 0.260 e. The van der Waals surface area contributed by atoms with Gasteiger partial charge in [0.2, 0.25) is 5.91 Å². The normalized spacial score (nSPS) is 21.2. The second kappa shape index (κ2) is 7.31. The van der Waals surface area contributed by atoms with E-state index in [1.165, 1.54) is 4.57 Å². The Labute approximate surface area is 159 Å². The second-order valence-electron chi connectivity index (χ2n) is 7.77. The molecule has 0 N–H and O–H groups in total. The summed E-state index contributed by atoms with van der Waals surface area (Å²) in [5.74, 6) is 0.795. The summed E-state index contributed by atoms with van der Waals surface area (Å²) in [6.07, 6.45) is 2.70. The molecule has 2 saturated heterocycles. The van der Waals surface area contributed by atoms with Crippen molar-refractivity contribution in [2.75, 3.05) is 50.7 Å². The molecule has 2 aliphatic heterocycles. The van der Waals surface area contributed by atoms with E-state index >= 15 is 0 Å². The molecule has 2 aromatic rings. The van der Waals surface area contributed by atoms with Crippen molar-refractivity contribution in [3.8, 4) is 0 Å². The standard InChI is InChI=1S/C20H27N5O2/c1-15(26)25-6-5-16(13-25)12-23-7-9-24(10-8-23)17-3-4-18-19(11-17)21-14-22(2)20(18)27/h3-4,11,14,16H,5-10,12-13H2,1-2H3. The van der Waals surface area contributed by atoms with Gasteiger partial charge in [-0.1, -0.05) is 0 Å². The van der Waals surface area contributed by atoms with Crippen LogP contribution in [-0.2, 0) is 11.8 Å². The highest BCUT2D eigenvalue weighted by molar-refractivity contribution is 5.81. The lowest BCUT2D eigenvalue weighted by atomic mass is 10.1. The fraction of sp³-hybridized carbons (Fsp3) is 0.550. The molecule has 7 heteroatoms. The van der Waals surface area contributed by atoms with Crippen molar-refractivity contribution in [1.82, 2.24) is 19.4 Å². The van der Waals surface area contributed by atoms with Crippen molar-refractivity contribution in [3.63, 3.8) is 0 Å². The molecule has 4 rings (SSSR count). The first kappa shape index (κ1) is 18.0. The molecule has 0 aliphatic carbocycles. The molecule has 144 valence electrons. The van der Waals surface area contributed by atoms with Gasteiger partial charge in [0.05, 0.1) is 17.2 Å². The zero-order valence-electron chi connectivity index (χ0n) is 16.1. The fourth-order valence-corrected chi connectivity index (χ4v) is 4.22. The predicted octanol–water partition coefficient (Wildman–Crippen LogP) is 0.924. The summed E-state index contributed by atoms with van der Waals surface area (Å²) < 4.78 is 1.51. The van der Waals surface area contributed by atoms with Gasteiger partial charge in [-0.2, -0.15) is 0 Å². The van der Waals surface area contributed by atoms with Crippen molar-refractivity contribution >= 4 is 22.5 Å². The Hall–Kier alpha value is -2.41. The summed E-state index contributed by atoms with van der Waals surface area (Å²) in [5, 5.41) is 0.665. The van der Waals surface area contributed by atoms with Crippen molar-refractivity contribution in [3.05, 3.63) is 34.9 Å². The molecule has 1 aromatic carbocycles. The number of piperazine rings is 1. The van der Waals surface area contributed by atoms with E-state index < -0.39 is 0 Å². The Morgan fingerprint density at radius 2 is 1.96 bits per heavy atom. The van der Waals surface area contributed by atoms with E-state index in [-0.39, 0.29) is 11.5 Å². The lowest BCUT2D eigenvalue weighted by Gasteiger charge is -2.37. The van der Waals surface area contributed by atoms with Gasteiger partial charge in [0, 0.05) is 65.5 Å². The Bertz CT molecular complexity index is 901. The molecule has 27 heavy (non-hydrogen) atoms. The van der Waals surface area contributed by atoms with Gasteiger partial charge in [-0.05, 0) is 30.5 Å². The van der Waals surface area contributed by atoms with Gasteiger partial charge >= 0.3 is 0 Å². The van der Waals surface area contributed by atoms with Crippen LogP contribution in [0.4, 0.5) is 5.69 Å². The van der Waals surface area contributed by atoms with Crippen LogP contribution in [0.25, 0.3) is 10.9 Å².